The van der Waals surface area contributed by atoms with Crippen LogP contribution in [0, 0.1) is 11.6 Å². The third-order valence-electron chi connectivity index (χ3n) is 2.67. The number of nitrogens with zero attached hydrogens (tertiary/aromatic N) is 2. The maximum atomic E-state index is 13.7. The summed E-state index contributed by atoms with van der Waals surface area (Å²) in [6.45, 7) is 1.94. The number of aromatic nitrogens is 2. The Kier molecular flexibility index (Phi) is 6.04. The van der Waals surface area contributed by atoms with E-state index in [-0.39, 0.29) is 29.9 Å². The maximum absolute atomic E-state index is 13.7. The molecule has 0 saturated heterocycles. The quantitative estimate of drug-likeness (QED) is 0.899. The lowest BCUT2D eigenvalue weighted by atomic mass is 10.2. The number of nitrogens with one attached hydrogen (secondary N) is 1. The lowest BCUT2D eigenvalue weighted by Crippen LogP contribution is -2.24. The van der Waals surface area contributed by atoms with Crippen molar-refractivity contribution in [3.63, 3.8) is 0 Å². The molecule has 2 rings (SSSR count). The van der Waals surface area contributed by atoms with Gasteiger partial charge in [0.1, 0.15) is 17.2 Å². The Labute approximate surface area is 129 Å². The van der Waals surface area contributed by atoms with Gasteiger partial charge < -0.3 is 9.84 Å². The van der Waals surface area contributed by atoms with E-state index in [0.717, 1.165) is 12.1 Å². The summed E-state index contributed by atoms with van der Waals surface area (Å²) in [5.41, 5.74) is -0.306. The molecule has 8 heteroatoms. The van der Waals surface area contributed by atoms with Crippen molar-refractivity contribution in [2.45, 2.75) is 19.4 Å². The summed E-state index contributed by atoms with van der Waals surface area (Å²) >= 11 is 3.01. The smallest absolute Gasteiger partial charge is 0.263 e. The van der Waals surface area contributed by atoms with Gasteiger partial charge >= 0.3 is 0 Å². The van der Waals surface area contributed by atoms with Crippen LogP contribution < -0.4 is 5.32 Å². The second-order valence-corrected chi connectivity index (χ2v) is 5.07. The molecule has 1 aromatic carbocycles. The van der Waals surface area contributed by atoms with Gasteiger partial charge in [0.05, 0.1) is 0 Å². The van der Waals surface area contributed by atoms with Crippen molar-refractivity contribution in [3.05, 3.63) is 34.1 Å². The van der Waals surface area contributed by atoms with Gasteiger partial charge in [-0.1, -0.05) is 21.1 Å². The second-order valence-electron chi connectivity index (χ2n) is 4.15. The standard InChI is InChI=1S/C12H12BrF2N3O.ClH/c1-6(16-2)3-10-17-12(19-18-10)11-8(14)4-7(13)5-9(11)15;/h4-6,16H,3H2,1-2H3;1H. The first-order chi connectivity index (χ1) is 9.01. The van der Waals surface area contributed by atoms with Gasteiger partial charge in [0.2, 0.25) is 0 Å². The summed E-state index contributed by atoms with van der Waals surface area (Å²) in [4.78, 5) is 4.01. The average Bonchev–Trinajstić information content (AvgIpc) is 2.75. The summed E-state index contributed by atoms with van der Waals surface area (Å²) in [5, 5.41) is 6.73. The maximum Gasteiger partial charge on any atom is 0.263 e. The van der Waals surface area contributed by atoms with Crippen LogP contribution in [-0.2, 0) is 6.42 Å². The summed E-state index contributed by atoms with van der Waals surface area (Å²) in [6.07, 6.45) is 0.514. The monoisotopic (exact) mass is 367 g/mol. The fraction of sp³-hybridized carbons (Fsp3) is 0.333. The van der Waals surface area contributed by atoms with E-state index in [1.54, 1.807) is 7.05 Å². The molecular weight excluding hydrogens is 356 g/mol. The lowest BCUT2D eigenvalue weighted by Gasteiger charge is -2.04. The fourth-order valence-electron chi connectivity index (χ4n) is 1.56. The Morgan fingerprint density at radius 3 is 2.50 bits per heavy atom. The van der Waals surface area contributed by atoms with E-state index < -0.39 is 11.6 Å². The van der Waals surface area contributed by atoms with Gasteiger partial charge in [0.25, 0.3) is 5.89 Å². The molecule has 0 aliphatic carbocycles. The molecule has 1 atom stereocenters. The van der Waals surface area contributed by atoms with Crippen molar-refractivity contribution >= 4 is 28.3 Å². The molecule has 0 radical (unpaired) electrons. The van der Waals surface area contributed by atoms with Gasteiger partial charge in [0.15, 0.2) is 5.82 Å². The largest absolute Gasteiger partial charge is 0.334 e. The van der Waals surface area contributed by atoms with Crippen LogP contribution in [0.15, 0.2) is 21.1 Å². The van der Waals surface area contributed by atoms with Crippen LogP contribution in [0.1, 0.15) is 12.7 Å². The molecule has 110 valence electrons. The van der Waals surface area contributed by atoms with E-state index >= 15 is 0 Å². The van der Waals surface area contributed by atoms with Crippen LogP contribution in [0.4, 0.5) is 8.78 Å². The van der Waals surface area contributed by atoms with Crippen molar-refractivity contribution in [2.75, 3.05) is 7.05 Å². The molecule has 0 spiro atoms. The molecule has 0 aliphatic heterocycles. The first-order valence-corrected chi connectivity index (χ1v) is 6.45. The molecule has 20 heavy (non-hydrogen) atoms. The third-order valence-corrected chi connectivity index (χ3v) is 3.13. The zero-order chi connectivity index (χ0) is 14.0. The Morgan fingerprint density at radius 1 is 1.35 bits per heavy atom. The Morgan fingerprint density at radius 2 is 1.95 bits per heavy atom. The van der Waals surface area contributed by atoms with Crippen LogP contribution in [-0.4, -0.2) is 23.2 Å². The summed E-state index contributed by atoms with van der Waals surface area (Å²) in [5.74, 6) is -1.24. The number of halogens is 4. The predicted molar refractivity (Wildman–Crippen MR) is 76.8 cm³/mol. The molecule has 0 fully saturated rings. The second kappa shape index (κ2) is 7.10. The topological polar surface area (TPSA) is 51.0 Å². The molecule has 0 saturated carbocycles. The van der Waals surface area contributed by atoms with Crippen molar-refractivity contribution in [1.82, 2.24) is 15.5 Å². The zero-order valence-corrected chi connectivity index (χ0v) is 13.2. The van der Waals surface area contributed by atoms with E-state index in [0.29, 0.717) is 16.7 Å². The van der Waals surface area contributed by atoms with Crippen LogP contribution >= 0.6 is 28.3 Å². The Bertz CT molecular complexity index is 571. The molecule has 1 N–H and O–H groups in total. The summed E-state index contributed by atoms with van der Waals surface area (Å²) in [7, 11) is 1.81. The van der Waals surface area contributed by atoms with E-state index in [2.05, 4.69) is 31.4 Å². The van der Waals surface area contributed by atoms with Crippen molar-refractivity contribution in [3.8, 4) is 11.5 Å². The normalized spacial score (nSPS) is 12.1. The average molecular weight is 369 g/mol. The van der Waals surface area contributed by atoms with Crippen LogP contribution in [0.25, 0.3) is 11.5 Å². The minimum Gasteiger partial charge on any atom is -0.334 e. The highest BCUT2D eigenvalue weighted by Gasteiger charge is 2.19. The summed E-state index contributed by atoms with van der Waals surface area (Å²) < 4.78 is 32.7. The van der Waals surface area contributed by atoms with Gasteiger partial charge in [0, 0.05) is 16.9 Å². The van der Waals surface area contributed by atoms with Gasteiger partial charge in [-0.3, -0.25) is 0 Å². The van der Waals surface area contributed by atoms with Gasteiger partial charge in [-0.2, -0.15) is 4.98 Å². The number of benzene rings is 1. The molecule has 1 unspecified atom stereocenters. The minimum absolute atomic E-state index is 0. The molecule has 1 aromatic heterocycles. The Hall–Kier alpha value is -1.05. The van der Waals surface area contributed by atoms with Gasteiger partial charge in [-0.25, -0.2) is 8.78 Å². The van der Waals surface area contributed by atoms with Crippen molar-refractivity contribution < 1.29 is 13.3 Å². The molecule has 0 bridgehead atoms. The van der Waals surface area contributed by atoms with Crippen LogP contribution in [0.5, 0.6) is 0 Å². The van der Waals surface area contributed by atoms with E-state index in [4.69, 9.17) is 4.52 Å². The highest BCUT2D eigenvalue weighted by Crippen LogP contribution is 2.27. The van der Waals surface area contributed by atoms with E-state index in [9.17, 15) is 8.78 Å². The molecule has 0 amide bonds. The number of likely N-dealkylation sites (N-methyl/N-ethyl adjacent to an activating group) is 1. The van der Waals surface area contributed by atoms with Gasteiger partial charge in [-0.05, 0) is 26.1 Å². The molecule has 0 aliphatic rings. The highest BCUT2D eigenvalue weighted by atomic mass is 79.9. The predicted octanol–water partition coefficient (Wildman–Crippen LogP) is 3.35. The molecular formula is C12H13BrClF2N3O. The van der Waals surface area contributed by atoms with Crippen LogP contribution in [0.3, 0.4) is 0 Å². The zero-order valence-electron chi connectivity index (χ0n) is 10.8. The number of hydrogen-bond acceptors (Lipinski definition) is 4. The van der Waals surface area contributed by atoms with E-state index in [1.807, 2.05) is 6.92 Å². The molecule has 4 nitrogen and oxygen atoms in total. The van der Waals surface area contributed by atoms with Crippen molar-refractivity contribution in [1.29, 1.82) is 0 Å². The first kappa shape index (κ1) is 17.0. The van der Waals surface area contributed by atoms with E-state index in [1.165, 1.54) is 0 Å². The number of rotatable bonds is 4. The highest BCUT2D eigenvalue weighted by molar-refractivity contribution is 9.10. The molecule has 2 aromatic rings. The summed E-state index contributed by atoms with van der Waals surface area (Å²) in [6, 6.07) is 2.45. The van der Waals surface area contributed by atoms with Crippen LogP contribution in [0.2, 0.25) is 0 Å². The van der Waals surface area contributed by atoms with Crippen molar-refractivity contribution in [2.24, 2.45) is 0 Å². The first-order valence-electron chi connectivity index (χ1n) is 5.66. The molecule has 1 heterocycles. The third kappa shape index (κ3) is 3.74. The Balaban J connectivity index is 0.00000200. The lowest BCUT2D eigenvalue weighted by molar-refractivity contribution is 0.413. The fourth-order valence-corrected chi connectivity index (χ4v) is 1.96. The number of hydrogen-bond donors (Lipinski definition) is 1. The van der Waals surface area contributed by atoms with Gasteiger partial charge in [-0.15, -0.1) is 12.4 Å². The SMILES string of the molecule is CNC(C)Cc1noc(-c2c(F)cc(Br)cc2F)n1.Cl. The minimum atomic E-state index is -0.747.